The summed E-state index contributed by atoms with van der Waals surface area (Å²) in [4.78, 5) is 10.5. The first-order valence-corrected chi connectivity index (χ1v) is 4.70. The highest BCUT2D eigenvalue weighted by Gasteiger charge is 2.20. The molecule has 5 heteroatoms. The van der Waals surface area contributed by atoms with E-state index in [4.69, 9.17) is 16.7 Å². The van der Waals surface area contributed by atoms with Gasteiger partial charge in [-0.2, -0.15) is 0 Å². The largest absolute Gasteiger partial charge is 0.506 e. The standard InChI is InChI=1S/C10H10ClFO3/c1-5(4-8(13)14)9-7(12)3-2-6(11)10(9)15/h2-3,5,15H,4H2,1H3,(H,13,14). The third kappa shape index (κ3) is 2.59. The molecule has 82 valence electrons. The number of aliphatic carboxylic acids is 1. The van der Waals surface area contributed by atoms with Crippen molar-refractivity contribution in [3.8, 4) is 5.75 Å². The predicted molar refractivity (Wildman–Crippen MR) is 53.7 cm³/mol. The summed E-state index contributed by atoms with van der Waals surface area (Å²) in [6.45, 7) is 1.52. The van der Waals surface area contributed by atoms with Crippen LogP contribution in [0.3, 0.4) is 0 Å². The Balaban J connectivity index is 3.12. The first-order chi connectivity index (χ1) is 6.93. The maximum Gasteiger partial charge on any atom is 0.303 e. The molecular weight excluding hydrogens is 223 g/mol. The van der Waals surface area contributed by atoms with Gasteiger partial charge in [0.15, 0.2) is 0 Å². The lowest BCUT2D eigenvalue weighted by atomic mass is 9.96. The van der Waals surface area contributed by atoms with Crippen molar-refractivity contribution >= 4 is 17.6 Å². The molecule has 15 heavy (non-hydrogen) atoms. The Kier molecular flexibility index (Phi) is 3.52. The summed E-state index contributed by atoms with van der Waals surface area (Å²) >= 11 is 5.60. The number of hydrogen-bond acceptors (Lipinski definition) is 2. The van der Waals surface area contributed by atoms with Crippen molar-refractivity contribution in [3.63, 3.8) is 0 Å². The summed E-state index contributed by atoms with van der Waals surface area (Å²) in [5.41, 5.74) is -0.0510. The molecule has 0 saturated carbocycles. The van der Waals surface area contributed by atoms with Crippen LogP contribution in [-0.2, 0) is 4.79 Å². The number of rotatable bonds is 3. The highest BCUT2D eigenvalue weighted by Crippen LogP contribution is 2.35. The van der Waals surface area contributed by atoms with Crippen LogP contribution in [0, 0.1) is 5.82 Å². The smallest absolute Gasteiger partial charge is 0.303 e. The van der Waals surface area contributed by atoms with Crippen molar-refractivity contribution in [2.75, 3.05) is 0 Å². The molecule has 0 aliphatic rings. The van der Waals surface area contributed by atoms with Crippen molar-refractivity contribution in [3.05, 3.63) is 28.5 Å². The van der Waals surface area contributed by atoms with Crippen LogP contribution in [0.5, 0.6) is 5.75 Å². The summed E-state index contributed by atoms with van der Waals surface area (Å²) in [7, 11) is 0. The Bertz CT molecular complexity index is 392. The normalized spacial score (nSPS) is 12.5. The maximum absolute atomic E-state index is 13.3. The van der Waals surface area contributed by atoms with Crippen molar-refractivity contribution < 1.29 is 19.4 Å². The highest BCUT2D eigenvalue weighted by molar-refractivity contribution is 6.32. The molecule has 0 aromatic heterocycles. The Morgan fingerprint density at radius 3 is 2.73 bits per heavy atom. The molecule has 0 amide bonds. The SMILES string of the molecule is CC(CC(=O)O)c1c(F)ccc(Cl)c1O. The minimum absolute atomic E-state index is 0.0173. The Hall–Kier alpha value is -1.29. The Morgan fingerprint density at radius 1 is 1.60 bits per heavy atom. The van der Waals surface area contributed by atoms with Crippen LogP contribution < -0.4 is 0 Å². The molecule has 1 aromatic carbocycles. The minimum Gasteiger partial charge on any atom is -0.506 e. The second kappa shape index (κ2) is 4.49. The second-order valence-corrected chi connectivity index (χ2v) is 3.70. The molecule has 0 aliphatic heterocycles. The van der Waals surface area contributed by atoms with E-state index in [1.165, 1.54) is 13.0 Å². The van der Waals surface area contributed by atoms with Crippen molar-refractivity contribution in [2.24, 2.45) is 0 Å². The first-order valence-electron chi connectivity index (χ1n) is 4.32. The summed E-state index contributed by atoms with van der Waals surface area (Å²) < 4.78 is 13.3. The molecular formula is C10H10ClFO3. The van der Waals surface area contributed by atoms with E-state index in [0.717, 1.165) is 6.07 Å². The summed E-state index contributed by atoms with van der Waals surface area (Å²) in [6.07, 6.45) is -0.259. The van der Waals surface area contributed by atoms with E-state index in [9.17, 15) is 14.3 Å². The molecule has 0 heterocycles. The lowest BCUT2D eigenvalue weighted by molar-refractivity contribution is -0.137. The fourth-order valence-corrected chi connectivity index (χ4v) is 1.55. The maximum atomic E-state index is 13.3. The Labute approximate surface area is 91.1 Å². The molecule has 1 unspecified atom stereocenters. The topological polar surface area (TPSA) is 57.5 Å². The lowest BCUT2D eigenvalue weighted by Gasteiger charge is -2.13. The molecule has 0 aliphatic carbocycles. The minimum atomic E-state index is -1.05. The van der Waals surface area contributed by atoms with E-state index in [1.807, 2.05) is 0 Å². The summed E-state index contributed by atoms with van der Waals surface area (Å²) in [6, 6.07) is 2.33. The van der Waals surface area contributed by atoms with E-state index in [-0.39, 0.29) is 22.8 Å². The molecule has 0 radical (unpaired) electrons. The fraction of sp³-hybridized carbons (Fsp3) is 0.300. The van der Waals surface area contributed by atoms with Gasteiger partial charge < -0.3 is 10.2 Å². The van der Waals surface area contributed by atoms with Crippen LogP contribution in [0.2, 0.25) is 5.02 Å². The monoisotopic (exact) mass is 232 g/mol. The molecule has 0 fully saturated rings. The number of carbonyl (C=O) groups is 1. The van der Waals surface area contributed by atoms with Crippen molar-refractivity contribution in [1.82, 2.24) is 0 Å². The third-order valence-electron chi connectivity index (χ3n) is 2.09. The van der Waals surface area contributed by atoms with E-state index in [0.29, 0.717) is 0 Å². The molecule has 3 nitrogen and oxygen atoms in total. The zero-order valence-electron chi connectivity index (χ0n) is 8.00. The number of aromatic hydroxyl groups is 1. The van der Waals surface area contributed by atoms with Crippen LogP contribution in [0.25, 0.3) is 0 Å². The van der Waals surface area contributed by atoms with Crippen LogP contribution in [0.4, 0.5) is 4.39 Å². The number of benzene rings is 1. The quantitative estimate of drug-likeness (QED) is 0.843. The van der Waals surface area contributed by atoms with Gasteiger partial charge in [-0.1, -0.05) is 18.5 Å². The fourth-order valence-electron chi connectivity index (χ4n) is 1.39. The zero-order valence-corrected chi connectivity index (χ0v) is 8.75. The average Bonchev–Trinajstić information content (AvgIpc) is 2.11. The van der Waals surface area contributed by atoms with E-state index >= 15 is 0 Å². The van der Waals surface area contributed by atoms with Crippen LogP contribution in [0.15, 0.2) is 12.1 Å². The lowest BCUT2D eigenvalue weighted by Crippen LogP contribution is -2.05. The summed E-state index contributed by atoms with van der Waals surface area (Å²) in [5, 5.41) is 18.1. The number of phenolic OH excluding ortho intramolecular Hbond substituents is 1. The molecule has 1 atom stereocenters. The van der Waals surface area contributed by atoms with Gasteiger partial charge >= 0.3 is 5.97 Å². The first kappa shape index (κ1) is 11.8. The van der Waals surface area contributed by atoms with Gasteiger partial charge in [0.2, 0.25) is 0 Å². The van der Waals surface area contributed by atoms with Crippen LogP contribution in [0.1, 0.15) is 24.8 Å². The molecule has 0 bridgehead atoms. The second-order valence-electron chi connectivity index (χ2n) is 3.29. The third-order valence-corrected chi connectivity index (χ3v) is 2.39. The van der Waals surface area contributed by atoms with Gasteiger partial charge in [0.05, 0.1) is 11.4 Å². The number of carboxylic acids is 1. The highest BCUT2D eigenvalue weighted by atomic mass is 35.5. The van der Waals surface area contributed by atoms with Gasteiger partial charge in [-0.3, -0.25) is 4.79 Å². The van der Waals surface area contributed by atoms with Gasteiger partial charge in [0.25, 0.3) is 0 Å². The van der Waals surface area contributed by atoms with E-state index < -0.39 is 17.7 Å². The number of phenols is 1. The number of hydrogen-bond donors (Lipinski definition) is 2. The number of halogens is 2. The summed E-state index contributed by atoms with van der Waals surface area (Å²) in [5.74, 6) is -2.71. The molecule has 2 N–H and O–H groups in total. The van der Waals surface area contributed by atoms with Gasteiger partial charge in [-0.15, -0.1) is 0 Å². The van der Waals surface area contributed by atoms with Gasteiger partial charge in [0, 0.05) is 5.56 Å². The van der Waals surface area contributed by atoms with Gasteiger partial charge in [-0.25, -0.2) is 4.39 Å². The predicted octanol–water partition coefficient (Wildman–Crippen LogP) is 2.76. The molecule has 1 rings (SSSR count). The molecule has 0 spiro atoms. The van der Waals surface area contributed by atoms with E-state index in [1.54, 1.807) is 0 Å². The average molecular weight is 233 g/mol. The van der Waals surface area contributed by atoms with Crippen LogP contribution in [-0.4, -0.2) is 16.2 Å². The zero-order chi connectivity index (χ0) is 11.6. The van der Waals surface area contributed by atoms with Gasteiger partial charge in [-0.05, 0) is 18.1 Å². The molecule has 0 saturated heterocycles. The Morgan fingerprint density at radius 2 is 2.20 bits per heavy atom. The van der Waals surface area contributed by atoms with Crippen molar-refractivity contribution in [1.29, 1.82) is 0 Å². The van der Waals surface area contributed by atoms with Crippen LogP contribution >= 0.6 is 11.6 Å². The van der Waals surface area contributed by atoms with E-state index in [2.05, 4.69) is 0 Å². The van der Waals surface area contributed by atoms with Crippen molar-refractivity contribution in [2.45, 2.75) is 19.3 Å². The van der Waals surface area contributed by atoms with Gasteiger partial charge in [0.1, 0.15) is 11.6 Å². The number of carboxylic acid groups (broad SMARTS) is 1. The molecule has 1 aromatic rings.